The van der Waals surface area contributed by atoms with Gasteiger partial charge in [0.05, 0.1) is 0 Å². The SMILES string of the molecule is CC(C)(C)OC(=O)NC1CCN(C(=N)N)CC1. The van der Waals surface area contributed by atoms with Crippen LogP contribution in [0.4, 0.5) is 4.79 Å². The molecule has 1 rings (SSSR count). The second-order valence-corrected chi connectivity index (χ2v) is 5.29. The molecule has 0 saturated carbocycles. The van der Waals surface area contributed by atoms with Crippen LogP contribution in [-0.2, 0) is 4.74 Å². The molecule has 1 aliphatic heterocycles. The Hall–Kier alpha value is -1.46. The zero-order chi connectivity index (χ0) is 13.1. The fourth-order valence-electron chi connectivity index (χ4n) is 1.74. The minimum Gasteiger partial charge on any atom is -0.444 e. The van der Waals surface area contributed by atoms with Crippen molar-refractivity contribution in [3.63, 3.8) is 0 Å². The normalized spacial score (nSPS) is 17.7. The molecule has 1 heterocycles. The van der Waals surface area contributed by atoms with Crippen molar-refractivity contribution >= 4 is 12.1 Å². The number of ether oxygens (including phenoxy) is 1. The van der Waals surface area contributed by atoms with E-state index in [9.17, 15) is 4.79 Å². The topological polar surface area (TPSA) is 91.4 Å². The van der Waals surface area contributed by atoms with E-state index in [1.54, 1.807) is 4.90 Å². The standard InChI is InChI=1S/C11H22N4O2/c1-11(2,3)17-10(16)14-8-4-6-15(7-5-8)9(12)13/h8H,4-7H2,1-3H3,(H3,12,13)(H,14,16). The summed E-state index contributed by atoms with van der Waals surface area (Å²) in [6.45, 7) is 6.92. The molecule has 0 aromatic carbocycles. The van der Waals surface area contributed by atoms with Gasteiger partial charge < -0.3 is 20.7 Å². The van der Waals surface area contributed by atoms with Gasteiger partial charge in [-0.15, -0.1) is 0 Å². The van der Waals surface area contributed by atoms with E-state index in [1.807, 2.05) is 20.8 Å². The molecule has 0 spiro atoms. The molecular weight excluding hydrogens is 220 g/mol. The van der Waals surface area contributed by atoms with Gasteiger partial charge in [0, 0.05) is 19.1 Å². The zero-order valence-corrected chi connectivity index (χ0v) is 10.7. The van der Waals surface area contributed by atoms with E-state index in [-0.39, 0.29) is 18.1 Å². The van der Waals surface area contributed by atoms with E-state index in [0.29, 0.717) is 13.1 Å². The predicted octanol–water partition coefficient (Wildman–Crippen LogP) is 0.869. The van der Waals surface area contributed by atoms with Gasteiger partial charge in [0.2, 0.25) is 0 Å². The lowest BCUT2D eigenvalue weighted by Gasteiger charge is -2.32. The number of nitrogens with two attached hydrogens (primary N) is 1. The molecule has 0 bridgehead atoms. The molecule has 0 aromatic rings. The van der Waals surface area contributed by atoms with Crippen LogP contribution in [0.1, 0.15) is 33.6 Å². The fourth-order valence-corrected chi connectivity index (χ4v) is 1.74. The fraction of sp³-hybridized carbons (Fsp3) is 0.818. The first-order chi connectivity index (χ1) is 7.78. The van der Waals surface area contributed by atoms with Crippen LogP contribution in [0.15, 0.2) is 0 Å². The molecule has 17 heavy (non-hydrogen) atoms. The highest BCUT2D eigenvalue weighted by Crippen LogP contribution is 2.11. The number of carbonyl (C=O) groups excluding carboxylic acids is 1. The maximum absolute atomic E-state index is 11.5. The van der Waals surface area contributed by atoms with Crippen LogP contribution in [0.25, 0.3) is 0 Å². The molecule has 1 amide bonds. The molecule has 0 unspecified atom stereocenters. The molecule has 6 heteroatoms. The molecular formula is C11H22N4O2. The van der Waals surface area contributed by atoms with E-state index in [2.05, 4.69) is 5.32 Å². The third kappa shape index (κ3) is 4.93. The summed E-state index contributed by atoms with van der Waals surface area (Å²) in [6, 6.07) is 0.112. The quantitative estimate of drug-likeness (QED) is 0.470. The van der Waals surface area contributed by atoms with Crippen LogP contribution in [0.3, 0.4) is 0 Å². The Balaban J connectivity index is 2.31. The Labute approximate surface area is 102 Å². The summed E-state index contributed by atoms with van der Waals surface area (Å²) >= 11 is 0. The van der Waals surface area contributed by atoms with E-state index < -0.39 is 5.60 Å². The second-order valence-electron chi connectivity index (χ2n) is 5.29. The number of hydrogen-bond donors (Lipinski definition) is 3. The molecule has 1 aliphatic rings. The third-order valence-corrected chi connectivity index (χ3v) is 2.56. The maximum Gasteiger partial charge on any atom is 0.407 e. The Morgan fingerprint density at radius 1 is 1.41 bits per heavy atom. The highest BCUT2D eigenvalue weighted by atomic mass is 16.6. The summed E-state index contributed by atoms with van der Waals surface area (Å²) in [5.74, 6) is 0.0979. The summed E-state index contributed by atoms with van der Waals surface area (Å²) in [4.78, 5) is 13.3. The van der Waals surface area contributed by atoms with Gasteiger partial charge in [0.15, 0.2) is 5.96 Å². The summed E-state index contributed by atoms with van der Waals surface area (Å²) in [7, 11) is 0. The molecule has 1 saturated heterocycles. The maximum atomic E-state index is 11.5. The predicted molar refractivity (Wildman–Crippen MR) is 65.9 cm³/mol. The Kier molecular flexibility index (Phi) is 4.20. The molecule has 0 aliphatic carbocycles. The molecule has 0 aromatic heterocycles. The van der Waals surface area contributed by atoms with Crippen LogP contribution >= 0.6 is 0 Å². The average molecular weight is 242 g/mol. The number of hydrogen-bond acceptors (Lipinski definition) is 3. The third-order valence-electron chi connectivity index (χ3n) is 2.56. The van der Waals surface area contributed by atoms with Crippen LogP contribution in [0.2, 0.25) is 0 Å². The van der Waals surface area contributed by atoms with E-state index in [1.165, 1.54) is 0 Å². The number of nitrogens with zero attached hydrogens (tertiary/aromatic N) is 1. The number of nitrogens with one attached hydrogen (secondary N) is 2. The smallest absolute Gasteiger partial charge is 0.407 e. The number of piperidine rings is 1. The van der Waals surface area contributed by atoms with Crippen molar-refractivity contribution in [2.45, 2.75) is 45.3 Å². The Bertz CT molecular complexity index is 290. The molecule has 6 nitrogen and oxygen atoms in total. The molecule has 98 valence electrons. The van der Waals surface area contributed by atoms with Crippen molar-refractivity contribution in [3.05, 3.63) is 0 Å². The molecule has 0 radical (unpaired) electrons. The number of likely N-dealkylation sites (tertiary alicyclic amines) is 1. The molecule has 0 atom stereocenters. The summed E-state index contributed by atoms with van der Waals surface area (Å²) in [5.41, 5.74) is 4.93. The lowest BCUT2D eigenvalue weighted by atomic mass is 10.1. The number of carbonyl (C=O) groups is 1. The van der Waals surface area contributed by atoms with E-state index in [0.717, 1.165) is 12.8 Å². The van der Waals surface area contributed by atoms with Crippen molar-refractivity contribution in [1.29, 1.82) is 5.41 Å². The Morgan fingerprint density at radius 2 is 1.94 bits per heavy atom. The average Bonchev–Trinajstić information content (AvgIpc) is 2.15. The molecule has 1 fully saturated rings. The highest BCUT2D eigenvalue weighted by molar-refractivity contribution is 5.74. The summed E-state index contributed by atoms with van der Waals surface area (Å²) < 4.78 is 5.18. The van der Waals surface area contributed by atoms with Crippen molar-refractivity contribution < 1.29 is 9.53 Å². The first-order valence-corrected chi connectivity index (χ1v) is 5.86. The van der Waals surface area contributed by atoms with Crippen molar-refractivity contribution in [1.82, 2.24) is 10.2 Å². The van der Waals surface area contributed by atoms with E-state index >= 15 is 0 Å². The minimum atomic E-state index is -0.468. The van der Waals surface area contributed by atoms with Gasteiger partial charge in [0.25, 0.3) is 0 Å². The van der Waals surface area contributed by atoms with Crippen LogP contribution < -0.4 is 11.1 Å². The monoisotopic (exact) mass is 242 g/mol. The minimum absolute atomic E-state index is 0.0979. The van der Waals surface area contributed by atoms with Gasteiger partial charge in [-0.25, -0.2) is 4.79 Å². The van der Waals surface area contributed by atoms with Crippen molar-refractivity contribution in [2.24, 2.45) is 5.73 Å². The van der Waals surface area contributed by atoms with Gasteiger partial charge in [-0.1, -0.05) is 0 Å². The van der Waals surface area contributed by atoms with Gasteiger partial charge in [-0.05, 0) is 33.6 Å². The van der Waals surface area contributed by atoms with Crippen molar-refractivity contribution in [2.75, 3.05) is 13.1 Å². The summed E-state index contributed by atoms with van der Waals surface area (Å²) in [5, 5.41) is 10.1. The first kappa shape index (κ1) is 13.6. The lowest BCUT2D eigenvalue weighted by molar-refractivity contribution is 0.0488. The lowest BCUT2D eigenvalue weighted by Crippen LogP contribution is -2.49. The Morgan fingerprint density at radius 3 is 2.35 bits per heavy atom. The van der Waals surface area contributed by atoms with Gasteiger partial charge in [-0.3, -0.25) is 5.41 Å². The zero-order valence-electron chi connectivity index (χ0n) is 10.7. The van der Waals surface area contributed by atoms with Crippen LogP contribution in [-0.4, -0.2) is 41.7 Å². The van der Waals surface area contributed by atoms with Gasteiger partial charge in [0.1, 0.15) is 5.60 Å². The van der Waals surface area contributed by atoms with Crippen LogP contribution in [0, 0.1) is 5.41 Å². The number of rotatable bonds is 1. The molecule has 4 N–H and O–H groups in total. The number of alkyl carbamates (subject to hydrolysis) is 1. The van der Waals surface area contributed by atoms with Crippen LogP contribution in [0.5, 0.6) is 0 Å². The van der Waals surface area contributed by atoms with Gasteiger partial charge in [-0.2, -0.15) is 0 Å². The van der Waals surface area contributed by atoms with Crippen molar-refractivity contribution in [3.8, 4) is 0 Å². The largest absolute Gasteiger partial charge is 0.444 e. The second kappa shape index (κ2) is 5.25. The summed E-state index contributed by atoms with van der Waals surface area (Å²) in [6.07, 6.45) is 1.20. The van der Waals surface area contributed by atoms with Gasteiger partial charge >= 0.3 is 6.09 Å². The van der Waals surface area contributed by atoms with E-state index in [4.69, 9.17) is 15.9 Å². The number of guanidine groups is 1. The first-order valence-electron chi connectivity index (χ1n) is 5.86. The highest BCUT2D eigenvalue weighted by Gasteiger charge is 2.23. The number of amides is 1.